The molecule has 3 nitrogen and oxygen atoms in total. The smallest absolute Gasteiger partial charge is 0.305 e. The molecule has 1 atom stereocenters. The van der Waals surface area contributed by atoms with E-state index >= 15 is 0 Å². The van der Waals surface area contributed by atoms with Crippen molar-refractivity contribution in [1.82, 2.24) is 15.3 Å². The summed E-state index contributed by atoms with van der Waals surface area (Å²) in [6.45, 7) is 2.53. The Bertz CT molecular complexity index is 493. The SMILES string of the molecule is CCNC(c1cscn1)c1cnc(C(F)(F)F)s1. The van der Waals surface area contributed by atoms with Crippen molar-refractivity contribution in [3.05, 3.63) is 32.7 Å². The Hall–Kier alpha value is -0.990. The average molecular weight is 293 g/mol. The highest BCUT2D eigenvalue weighted by atomic mass is 32.1. The standard InChI is InChI=1S/C10H10F3N3S2/c1-2-14-8(6-4-17-5-16-6)7-3-15-9(18-7)10(11,12)13/h3-5,8,14H,2H2,1H3. The summed E-state index contributed by atoms with van der Waals surface area (Å²) < 4.78 is 37.5. The predicted molar refractivity (Wildman–Crippen MR) is 64.7 cm³/mol. The zero-order valence-corrected chi connectivity index (χ0v) is 11.0. The molecule has 2 aromatic rings. The second-order valence-electron chi connectivity index (χ2n) is 3.47. The van der Waals surface area contributed by atoms with Crippen molar-refractivity contribution in [2.45, 2.75) is 19.1 Å². The predicted octanol–water partition coefficient (Wildman–Crippen LogP) is 3.32. The second kappa shape index (κ2) is 5.33. The molecule has 0 aliphatic carbocycles. The highest BCUT2D eigenvalue weighted by molar-refractivity contribution is 7.11. The third-order valence-electron chi connectivity index (χ3n) is 2.21. The summed E-state index contributed by atoms with van der Waals surface area (Å²) in [6.07, 6.45) is -3.12. The molecule has 18 heavy (non-hydrogen) atoms. The molecular weight excluding hydrogens is 283 g/mol. The van der Waals surface area contributed by atoms with Crippen LogP contribution in [0.3, 0.4) is 0 Å². The lowest BCUT2D eigenvalue weighted by Gasteiger charge is -2.13. The topological polar surface area (TPSA) is 37.8 Å². The van der Waals surface area contributed by atoms with Crippen LogP contribution in [0.5, 0.6) is 0 Å². The van der Waals surface area contributed by atoms with E-state index in [1.54, 1.807) is 5.51 Å². The molecule has 2 heterocycles. The third-order valence-corrected chi connectivity index (χ3v) is 3.92. The molecule has 2 aromatic heterocycles. The van der Waals surface area contributed by atoms with Gasteiger partial charge in [0.25, 0.3) is 0 Å². The van der Waals surface area contributed by atoms with Gasteiger partial charge in [-0.05, 0) is 6.54 Å². The van der Waals surface area contributed by atoms with Gasteiger partial charge < -0.3 is 5.32 Å². The van der Waals surface area contributed by atoms with Crippen LogP contribution in [0.2, 0.25) is 0 Å². The van der Waals surface area contributed by atoms with Gasteiger partial charge in [0.1, 0.15) is 0 Å². The summed E-state index contributed by atoms with van der Waals surface area (Å²) in [6, 6.07) is -0.324. The minimum atomic E-state index is -4.39. The number of aromatic nitrogens is 2. The molecule has 0 amide bonds. The van der Waals surface area contributed by atoms with E-state index in [1.807, 2.05) is 12.3 Å². The fourth-order valence-electron chi connectivity index (χ4n) is 1.47. The van der Waals surface area contributed by atoms with E-state index in [9.17, 15) is 13.2 Å². The van der Waals surface area contributed by atoms with Crippen molar-refractivity contribution >= 4 is 22.7 Å². The summed E-state index contributed by atoms with van der Waals surface area (Å²) in [5.74, 6) is 0. The molecule has 0 bridgehead atoms. The minimum absolute atomic E-state index is 0.324. The first-order chi connectivity index (χ1) is 8.52. The maximum atomic E-state index is 12.5. The Morgan fingerprint density at radius 1 is 1.39 bits per heavy atom. The summed E-state index contributed by atoms with van der Waals surface area (Å²) in [4.78, 5) is 8.09. The number of alkyl halides is 3. The molecule has 1 unspecified atom stereocenters. The van der Waals surface area contributed by atoms with Gasteiger partial charge in [-0.2, -0.15) is 13.2 Å². The molecule has 8 heteroatoms. The molecule has 0 aliphatic heterocycles. The molecule has 98 valence electrons. The van der Waals surface area contributed by atoms with Crippen molar-refractivity contribution in [2.24, 2.45) is 0 Å². The molecule has 0 saturated carbocycles. The van der Waals surface area contributed by atoms with Gasteiger partial charge in [0.2, 0.25) is 0 Å². The Morgan fingerprint density at radius 2 is 2.17 bits per heavy atom. The number of hydrogen-bond donors (Lipinski definition) is 1. The molecule has 0 saturated heterocycles. The number of nitrogens with zero attached hydrogens (tertiary/aromatic N) is 2. The van der Waals surface area contributed by atoms with Crippen LogP contribution < -0.4 is 5.32 Å². The van der Waals surface area contributed by atoms with Crippen LogP contribution in [0.4, 0.5) is 13.2 Å². The van der Waals surface area contributed by atoms with Crippen LogP contribution >= 0.6 is 22.7 Å². The highest BCUT2D eigenvalue weighted by Gasteiger charge is 2.35. The molecule has 1 N–H and O–H groups in total. The normalized spacial score (nSPS) is 13.8. The lowest BCUT2D eigenvalue weighted by Crippen LogP contribution is -2.21. The zero-order valence-electron chi connectivity index (χ0n) is 9.36. The van der Waals surface area contributed by atoms with Crippen molar-refractivity contribution in [2.75, 3.05) is 6.54 Å². The van der Waals surface area contributed by atoms with E-state index in [0.717, 1.165) is 5.69 Å². The largest absolute Gasteiger partial charge is 0.443 e. The van der Waals surface area contributed by atoms with E-state index in [-0.39, 0.29) is 6.04 Å². The van der Waals surface area contributed by atoms with Gasteiger partial charge >= 0.3 is 6.18 Å². The molecule has 0 fully saturated rings. The molecule has 0 radical (unpaired) electrons. The first-order valence-electron chi connectivity index (χ1n) is 5.16. The molecule has 0 aliphatic rings. The quantitative estimate of drug-likeness (QED) is 0.939. The van der Waals surface area contributed by atoms with Gasteiger partial charge in [-0.25, -0.2) is 9.97 Å². The third kappa shape index (κ3) is 2.88. The van der Waals surface area contributed by atoms with Crippen molar-refractivity contribution in [3.8, 4) is 0 Å². The van der Waals surface area contributed by atoms with Crippen molar-refractivity contribution in [3.63, 3.8) is 0 Å². The van der Waals surface area contributed by atoms with Gasteiger partial charge in [0, 0.05) is 16.5 Å². The number of nitrogens with one attached hydrogen (secondary N) is 1. The Morgan fingerprint density at radius 3 is 2.67 bits per heavy atom. The fraction of sp³-hybridized carbons (Fsp3) is 0.400. The van der Waals surface area contributed by atoms with Crippen molar-refractivity contribution < 1.29 is 13.2 Å². The lowest BCUT2D eigenvalue weighted by atomic mass is 10.2. The van der Waals surface area contributed by atoms with Crippen LogP contribution in [0.25, 0.3) is 0 Å². The maximum Gasteiger partial charge on any atom is 0.443 e. The first-order valence-corrected chi connectivity index (χ1v) is 6.92. The minimum Gasteiger partial charge on any atom is -0.305 e. The molecule has 0 spiro atoms. The Kier molecular flexibility index (Phi) is 3.98. The van der Waals surface area contributed by atoms with Crippen LogP contribution in [0, 0.1) is 0 Å². The van der Waals surface area contributed by atoms with Gasteiger partial charge in [0.05, 0.1) is 17.2 Å². The number of halogens is 3. The van der Waals surface area contributed by atoms with E-state index in [1.165, 1.54) is 17.5 Å². The molecule has 2 rings (SSSR count). The summed E-state index contributed by atoms with van der Waals surface area (Å²) in [7, 11) is 0. The van der Waals surface area contributed by atoms with E-state index in [0.29, 0.717) is 22.8 Å². The molecule has 0 aromatic carbocycles. The number of thiazole rings is 2. The van der Waals surface area contributed by atoms with Crippen LogP contribution in [-0.2, 0) is 6.18 Å². The van der Waals surface area contributed by atoms with Crippen molar-refractivity contribution in [1.29, 1.82) is 0 Å². The monoisotopic (exact) mass is 293 g/mol. The summed E-state index contributed by atoms with van der Waals surface area (Å²) in [5, 5.41) is 4.11. The first kappa shape index (κ1) is 13.4. The van der Waals surface area contributed by atoms with E-state index in [4.69, 9.17) is 0 Å². The Labute approximate surface area is 110 Å². The summed E-state index contributed by atoms with van der Waals surface area (Å²) in [5.41, 5.74) is 2.38. The molecular formula is C10H10F3N3S2. The van der Waals surface area contributed by atoms with Gasteiger partial charge in [-0.3, -0.25) is 0 Å². The number of hydrogen-bond acceptors (Lipinski definition) is 5. The highest BCUT2D eigenvalue weighted by Crippen LogP contribution is 2.35. The number of rotatable bonds is 4. The van der Waals surface area contributed by atoms with Gasteiger partial charge in [0.15, 0.2) is 5.01 Å². The summed E-state index contributed by atoms with van der Waals surface area (Å²) >= 11 is 2.06. The second-order valence-corrected chi connectivity index (χ2v) is 5.25. The lowest BCUT2D eigenvalue weighted by molar-refractivity contribution is -0.137. The van der Waals surface area contributed by atoms with Crippen LogP contribution in [0.1, 0.15) is 28.5 Å². The van der Waals surface area contributed by atoms with E-state index in [2.05, 4.69) is 15.3 Å². The average Bonchev–Trinajstić information content (AvgIpc) is 2.96. The van der Waals surface area contributed by atoms with Gasteiger partial charge in [-0.1, -0.05) is 6.92 Å². The van der Waals surface area contributed by atoms with Crippen LogP contribution in [-0.4, -0.2) is 16.5 Å². The van der Waals surface area contributed by atoms with Crippen LogP contribution in [0.15, 0.2) is 17.1 Å². The fourth-order valence-corrected chi connectivity index (χ4v) is 2.92. The zero-order chi connectivity index (χ0) is 13.2. The van der Waals surface area contributed by atoms with E-state index < -0.39 is 11.2 Å². The van der Waals surface area contributed by atoms with Gasteiger partial charge in [-0.15, -0.1) is 22.7 Å². The Balaban J connectivity index is 2.29. The maximum absolute atomic E-state index is 12.5.